The molecule has 2 aromatic carbocycles. The number of hydrogen-bond donors (Lipinski definition) is 2. The number of methoxy groups -OCH3 is 3. The zero-order valence-electron chi connectivity index (χ0n) is 15.4. The van der Waals surface area contributed by atoms with Crippen LogP contribution in [0.3, 0.4) is 0 Å². The van der Waals surface area contributed by atoms with Gasteiger partial charge in [0.15, 0.2) is 17.5 Å². The summed E-state index contributed by atoms with van der Waals surface area (Å²) in [6, 6.07) is 11.7. The minimum Gasteiger partial charge on any atom is -0.497 e. The molecule has 0 amide bonds. The Morgan fingerprint density at radius 3 is 2.31 bits per heavy atom. The van der Waals surface area contributed by atoms with Gasteiger partial charge in [-0.25, -0.2) is 0 Å². The molecule has 0 heterocycles. The van der Waals surface area contributed by atoms with Crippen LogP contribution < -0.4 is 24.8 Å². The van der Waals surface area contributed by atoms with Crippen molar-refractivity contribution in [2.75, 3.05) is 28.4 Å². The lowest BCUT2D eigenvalue weighted by Crippen LogP contribution is -2.36. The van der Waals surface area contributed by atoms with Gasteiger partial charge in [0.05, 0.1) is 21.3 Å². The molecule has 0 atom stereocenters. The fourth-order valence-electron chi connectivity index (χ4n) is 2.40. The van der Waals surface area contributed by atoms with Crippen LogP contribution in [0.25, 0.3) is 0 Å². The third-order valence-corrected chi connectivity index (χ3v) is 4.55. The van der Waals surface area contributed by atoms with E-state index in [1.54, 1.807) is 28.4 Å². The maximum atomic E-state index is 5.36. The van der Waals surface area contributed by atoms with Crippen molar-refractivity contribution in [3.8, 4) is 17.2 Å². The van der Waals surface area contributed by atoms with Gasteiger partial charge in [0.1, 0.15) is 5.75 Å². The molecule has 0 aromatic heterocycles. The summed E-state index contributed by atoms with van der Waals surface area (Å²) >= 11 is 3.57. The van der Waals surface area contributed by atoms with Crippen LogP contribution in [0.15, 0.2) is 45.9 Å². The molecule has 0 unspecified atom stereocenters. The standard InChI is InChI=1S/C19H24BrN3O3/c1-21-19(22-11-13-6-5-7-15(8-13)24-2)23-12-14-9-17(25-3)18(26-4)10-16(14)20/h5-10H,11-12H2,1-4H3,(H2,21,22,23). The number of nitrogens with zero attached hydrogens (tertiary/aromatic N) is 1. The van der Waals surface area contributed by atoms with Gasteiger partial charge in [0.2, 0.25) is 0 Å². The molecule has 0 bridgehead atoms. The van der Waals surface area contributed by atoms with E-state index in [1.807, 2.05) is 36.4 Å². The second kappa shape index (κ2) is 9.91. The molecule has 0 radical (unpaired) electrons. The van der Waals surface area contributed by atoms with Crippen molar-refractivity contribution >= 4 is 21.9 Å². The number of ether oxygens (including phenoxy) is 3. The molecule has 0 aliphatic heterocycles. The molecule has 2 aromatic rings. The van der Waals surface area contributed by atoms with Crippen molar-refractivity contribution in [1.82, 2.24) is 10.6 Å². The number of rotatable bonds is 7. The average molecular weight is 422 g/mol. The zero-order valence-corrected chi connectivity index (χ0v) is 17.0. The number of aliphatic imine (C=N–C) groups is 1. The van der Waals surface area contributed by atoms with Crippen LogP contribution >= 0.6 is 15.9 Å². The Morgan fingerprint density at radius 1 is 0.962 bits per heavy atom. The molecule has 2 N–H and O–H groups in total. The topological polar surface area (TPSA) is 64.1 Å². The highest BCUT2D eigenvalue weighted by Crippen LogP contribution is 2.33. The summed E-state index contributed by atoms with van der Waals surface area (Å²) in [6.07, 6.45) is 0. The Kier molecular flexibility index (Phi) is 7.59. The van der Waals surface area contributed by atoms with Gasteiger partial charge in [0, 0.05) is 24.6 Å². The number of nitrogens with one attached hydrogen (secondary N) is 2. The molecule has 2 rings (SSSR count). The third kappa shape index (κ3) is 5.29. The smallest absolute Gasteiger partial charge is 0.191 e. The zero-order chi connectivity index (χ0) is 18.9. The van der Waals surface area contributed by atoms with Crippen molar-refractivity contribution in [1.29, 1.82) is 0 Å². The number of halogens is 1. The largest absolute Gasteiger partial charge is 0.497 e. The van der Waals surface area contributed by atoms with Gasteiger partial charge in [-0.3, -0.25) is 4.99 Å². The van der Waals surface area contributed by atoms with E-state index in [2.05, 4.69) is 31.6 Å². The molecular weight excluding hydrogens is 398 g/mol. The first kappa shape index (κ1) is 19.9. The van der Waals surface area contributed by atoms with Crippen LogP contribution in [0.4, 0.5) is 0 Å². The first-order chi connectivity index (χ1) is 12.6. The Bertz CT molecular complexity index is 766. The normalized spacial score (nSPS) is 11.0. The average Bonchev–Trinajstić information content (AvgIpc) is 2.68. The summed E-state index contributed by atoms with van der Waals surface area (Å²) in [5.41, 5.74) is 2.14. The van der Waals surface area contributed by atoms with E-state index in [0.29, 0.717) is 30.5 Å². The van der Waals surface area contributed by atoms with Crippen LogP contribution in [0.2, 0.25) is 0 Å². The van der Waals surface area contributed by atoms with Crippen molar-refractivity contribution in [3.63, 3.8) is 0 Å². The lowest BCUT2D eigenvalue weighted by Gasteiger charge is -2.15. The summed E-state index contributed by atoms with van der Waals surface area (Å²) < 4.78 is 16.8. The van der Waals surface area contributed by atoms with Gasteiger partial charge in [-0.15, -0.1) is 0 Å². The van der Waals surface area contributed by atoms with E-state index < -0.39 is 0 Å². The fourth-order valence-corrected chi connectivity index (χ4v) is 2.86. The Labute approximate surface area is 162 Å². The molecule has 6 nitrogen and oxygen atoms in total. The van der Waals surface area contributed by atoms with Crippen molar-refractivity contribution < 1.29 is 14.2 Å². The monoisotopic (exact) mass is 421 g/mol. The number of hydrogen-bond acceptors (Lipinski definition) is 4. The van der Waals surface area contributed by atoms with E-state index in [0.717, 1.165) is 21.3 Å². The van der Waals surface area contributed by atoms with Gasteiger partial charge in [-0.05, 0) is 35.4 Å². The predicted octanol–water partition coefficient (Wildman–Crippen LogP) is 3.34. The predicted molar refractivity (Wildman–Crippen MR) is 107 cm³/mol. The SMILES string of the molecule is CN=C(NCc1cccc(OC)c1)NCc1cc(OC)c(OC)cc1Br. The summed E-state index contributed by atoms with van der Waals surface area (Å²) in [6.45, 7) is 1.22. The molecule has 0 spiro atoms. The highest BCUT2D eigenvalue weighted by atomic mass is 79.9. The Balaban J connectivity index is 1.98. The van der Waals surface area contributed by atoms with Gasteiger partial charge in [-0.2, -0.15) is 0 Å². The van der Waals surface area contributed by atoms with E-state index in [-0.39, 0.29) is 0 Å². The second-order valence-electron chi connectivity index (χ2n) is 5.43. The van der Waals surface area contributed by atoms with Crippen molar-refractivity contribution in [2.45, 2.75) is 13.1 Å². The van der Waals surface area contributed by atoms with Crippen molar-refractivity contribution in [3.05, 3.63) is 52.0 Å². The van der Waals surface area contributed by atoms with Crippen LogP contribution in [0.5, 0.6) is 17.2 Å². The number of benzene rings is 2. The summed E-state index contributed by atoms with van der Waals surface area (Å²) in [5, 5.41) is 6.59. The molecule has 0 saturated heterocycles. The van der Waals surface area contributed by atoms with Gasteiger partial charge in [-0.1, -0.05) is 28.1 Å². The minimum absolute atomic E-state index is 0.582. The van der Waals surface area contributed by atoms with E-state index in [4.69, 9.17) is 14.2 Å². The maximum absolute atomic E-state index is 5.36. The van der Waals surface area contributed by atoms with E-state index >= 15 is 0 Å². The van der Waals surface area contributed by atoms with Crippen LogP contribution in [0.1, 0.15) is 11.1 Å². The molecule has 26 heavy (non-hydrogen) atoms. The van der Waals surface area contributed by atoms with Gasteiger partial charge < -0.3 is 24.8 Å². The van der Waals surface area contributed by atoms with E-state index in [9.17, 15) is 0 Å². The molecule has 0 aliphatic rings. The first-order valence-electron chi connectivity index (χ1n) is 8.09. The maximum Gasteiger partial charge on any atom is 0.191 e. The lowest BCUT2D eigenvalue weighted by molar-refractivity contribution is 0.354. The lowest BCUT2D eigenvalue weighted by atomic mass is 10.2. The van der Waals surface area contributed by atoms with Crippen LogP contribution in [0, 0.1) is 0 Å². The molecule has 0 saturated carbocycles. The molecular formula is C19H24BrN3O3. The highest BCUT2D eigenvalue weighted by molar-refractivity contribution is 9.10. The molecule has 140 valence electrons. The molecule has 0 aliphatic carbocycles. The second-order valence-corrected chi connectivity index (χ2v) is 6.28. The third-order valence-electron chi connectivity index (χ3n) is 3.82. The van der Waals surface area contributed by atoms with Crippen molar-refractivity contribution in [2.24, 2.45) is 4.99 Å². The Hall–Kier alpha value is -2.41. The minimum atomic E-state index is 0.582. The van der Waals surface area contributed by atoms with Crippen LogP contribution in [-0.2, 0) is 13.1 Å². The molecule has 0 fully saturated rings. The number of guanidine groups is 1. The summed E-state index contributed by atoms with van der Waals surface area (Å²) in [7, 11) is 6.64. The summed E-state index contributed by atoms with van der Waals surface area (Å²) in [4.78, 5) is 4.26. The molecule has 7 heteroatoms. The first-order valence-corrected chi connectivity index (χ1v) is 8.88. The Morgan fingerprint density at radius 2 is 1.65 bits per heavy atom. The quantitative estimate of drug-likeness (QED) is 0.530. The van der Waals surface area contributed by atoms with Crippen LogP contribution in [-0.4, -0.2) is 34.3 Å². The fraction of sp³-hybridized carbons (Fsp3) is 0.316. The van der Waals surface area contributed by atoms with E-state index in [1.165, 1.54) is 0 Å². The van der Waals surface area contributed by atoms with Gasteiger partial charge >= 0.3 is 0 Å². The summed E-state index contributed by atoms with van der Waals surface area (Å²) in [5.74, 6) is 2.91. The van der Waals surface area contributed by atoms with Gasteiger partial charge in [0.25, 0.3) is 0 Å². The highest BCUT2D eigenvalue weighted by Gasteiger charge is 2.10.